The maximum atomic E-state index is 14.9. The number of carbonyl (C=O) groups excluding carboxylic acids is 4. The lowest BCUT2D eigenvalue weighted by Gasteiger charge is -2.29. The highest BCUT2D eigenvalue weighted by Gasteiger charge is 2.38. The average molecular weight is 925 g/mol. The van der Waals surface area contributed by atoms with E-state index in [0.29, 0.717) is 57.6 Å². The fourth-order valence-corrected chi connectivity index (χ4v) is 12.7. The highest BCUT2D eigenvalue weighted by molar-refractivity contribution is 6.45. The quantitative estimate of drug-likeness (QED) is 0.0569. The van der Waals surface area contributed by atoms with Crippen molar-refractivity contribution in [3.05, 3.63) is 150 Å². The van der Waals surface area contributed by atoms with E-state index in [-0.39, 0.29) is 23.6 Å². The van der Waals surface area contributed by atoms with Crippen LogP contribution in [0.25, 0.3) is 120 Å². The summed E-state index contributed by atoms with van der Waals surface area (Å²) in [7, 11) is 0. The number of H-pyrrole nitrogens is 1. The highest BCUT2D eigenvalue weighted by Crippen LogP contribution is 2.51. The predicted octanol–water partition coefficient (Wildman–Crippen LogP) is 15.4. The molecular formula is C63H48N4O4. The number of aromatic nitrogens is 2. The zero-order valence-corrected chi connectivity index (χ0v) is 39.7. The molecule has 1 aromatic heterocycles. The lowest BCUT2D eigenvalue weighted by molar-refractivity contribution is 0.0593. The molecule has 0 saturated heterocycles. The Kier molecular flexibility index (Phi) is 9.19. The minimum absolute atomic E-state index is 0.209. The van der Waals surface area contributed by atoms with Crippen molar-refractivity contribution in [2.24, 2.45) is 0 Å². The van der Waals surface area contributed by atoms with Crippen LogP contribution in [0.2, 0.25) is 0 Å². The van der Waals surface area contributed by atoms with Gasteiger partial charge in [0.2, 0.25) is 0 Å². The van der Waals surface area contributed by atoms with Crippen molar-refractivity contribution in [3.8, 4) is 22.5 Å². The fraction of sp³-hybridized carbons (Fsp3) is 0.190. The maximum absolute atomic E-state index is 14.9. The molecule has 0 atom stereocenters. The number of fused-ring (bicyclic) bond motifs is 7. The minimum atomic E-state index is -0.275. The number of aromatic amines is 1. The van der Waals surface area contributed by atoms with Gasteiger partial charge in [-0.3, -0.25) is 29.0 Å². The van der Waals surface area contributed by atoms with Crippen molar-refractivity contribution in [1.29, 1.82) is 0 Å². The Hall–Kier alpha value is -8.23. The SMILES string of the molecule is CCCCCCN1C(=O)c2ccc3c4cccc5c(-c6ccc7c8c6cccc8c6ccc8c9c(c%10[nH]c(-c%11ccccc%11)nc%10c7c96)C(=O)N(CCCCCC)C8=O)ccc(c6ccc(c2c36)C1=O)c54. The molecule has 0 spiro atoms. The number of hydrogen-bond acceptors (Lipinski definition) is 5. The Morgan fingerprint density at radius 3 is 1.42 bits per heavy atom. The lowest BCUT2D eigenvalue weighted by atomic mass is 9.81. The first-order valence-corrected chi connectivity index (χ1v) is 25.4. The summed E-state index contributed by atoms with van der Waals surface area (Å²) in [5.74, 6) is -0.270. The summed E-state index contributed by atoms with van der Waals surface area (Å²) < 4.78 is 0. The molecule has 0 radical (unpaired) electrons. The number of carbonyl (C=O) groups is 4. The van der Waals surface area contributed by atoms with Gasteiger partial charge in [-0.2, -0.15) is 0 Å². The van der Waals surface area contributed by atoms with Gasteiger partial charge in [0.05, 0.1) is 16.6 Å². The molecule has 14 rings (SSSR count). The Balaban J connectivity index is 0.993. The molecule has 8 heteroatoms. The van der Waals surface area contributed by atoms with Gasteiger partial charge in [0, 0.05) is 56.9 Å². The molecule has 0 aliphatic carbocycles. The van der Waals surface area contributed by atoms with E-state index in [2.05, 4.69) is 97.7 Å². The largest absolute Gasteiger partial charge is 0.337 e. The number of unbranched alkanes of at least 4 members (excludes halogenated alkanes) is 6. The van der Waals surface area contributed by atoms with Gasteiger partial charge >= 0.3 is 0 Å². The summed E-state index contributed by atoms with van der Waals surface area (Å²) in [6.45, 7) is 5.11. The summed E-state index contributed by atoms with van der Waals surface area (Å²) in [5, 5.41) is 15.9. The van der Waals surface area contributed by atoms with Crippen molar-refractivity contribution in [1.82, 2.24) is 19.8 Å². The van der Waals surface area contributed by atoms with Gasteiger partial charge in [-0.25, -0.2) is 4.98 Å². The van der Waals surface area contributed by atoms with Gasteiger partial charge in [0.15, 0.2) is 0 Å². The molecule has 12 aromatic rings. The number of benzene rings is 11. The van der Waals surface area contributed by atoms with Crippen LogP contribution in [0.1, 0.15) is 107 Å². The van der Waals surface area contributed by atoms with Crippen LogP contribution in [0, 0.1) is 0 Å². The van der Waals surface area contributed by atoms with Gasteiger partial charge in [-0.1, -0.05) is 162 Å². The predicted molar refractivity (Wildman–Crippen MR) is 288 cm³/mol. The molecule has 0 fully saturated rings. The van der Waals surface area contributed by atoms with Gasteiger partial charge < -0.3 is 4.98 Å². The van der Waals surface area contributed by atoms with E-state index in [9.17, 15) is 19.2 Å². The van der Waals surface area contributed by atoms with E-state index < -0.39 is 0 Å². The smallest absolute Gasteiger partial charge is 0.263 e. The standard InChI is InChI=1S/C63H48N4O4/c1-3-5-7-12-32-66-60(68)46-29-25-42-39-20-14-18-37-35(22-24-41(49(37)39)43-26-30-47(61(66)69)52(46)51(42)43)36-23-28-45-50-38(36)19-15-21-40(50)44-27-31-48-54-53(44)55(45)57-58(65-59(64-57)34-16-10-9-11-17-34)56(54)63(71)67(62(48)70)33-13-8-6-4-2/h9-11,14-31H,3-8,12-13,32-33H2,1-2H3,(H,64,65). The molecule has 2 aliphatic heterocycles. The normalized spacial score (nSPS) is 14.1. The maximum Gasteiger partial charge on any atom is 0.263 e. The molecule has 8 nitrogen and oxygen atoms in total. The second-order valence-electron chi connectivity index (χ2n) is 19.8. The molecule has 0 saturated carbocycles. The van der Waals surface area contributed by atoms with Crippen LogP contribution in [0.15, 0.2) is 127 Å². The molecule has 0 unspecified atom stereocenters. The Labute approximate surface area is 408 Å². The van der Waals surface area contributed by atoms with Crippen LogP contribution in [0.4, 0.5) is 0 Å². The Morgan fingerprint density at radius 2 is 0.845 bits per heavy atom. The first kappa shape index (κ1) is 41.7. The van der Waals surface area contributed by atoms with Gasteiger partial charge in [0.25, 0.3) is 23.6 Å². The number of amides is 4. The number of rotatable bonds is 12. The van der Waals surface area contributed by atoms with Crippen molar-refractivity contribution >= 4 is 121 Å². The number of imide groups is 2. The van der Waals surface area contributed by atoms with Crippen molar-refractivity contribution in [2.75, 3.05) is 13.1 Å². The second-order valence-corrected chi connectivity index (χ2v) is 19.8. The molecule has 3 heterocycles. The average Bonchev–Trinajstić information content (AvgIpc) is 3.85. The molecule has 71 heavy (non-hydrogen) atoms. The van der Waals surface area contributed by atoms with Crippen LogP contribution in [0.3, 0.4) is 0 Å². The molecule has 0 bridgehead atoms. The zero-order valence-electron chi connectivity index (χ0n) is 39.7. The number of nitrogens with one attached hydrogen (secondary N) is 1. The monoisotopic (exact) mass is 924 g/mol. The van der Waals surface area contributed by atoms with Gasteiger partial charge in [-0.15, -0.1) is 0 Å². The molecule has 11 aromatic carbocycles. The van der Waals surface area contributed by atoms with Crippen molar-refractivity contribution in [2.45, 2.75) is 65.2 Å². The van der Waals surface area contributed by atoms with E-state index in [1.165, 1.54) is 9.80 Å². The van der Waals surface area contributed by atoms with Crippen LogP contribution in [-0.2, 0) is 0 Å². The lowest BCUT2D eigenvalue weighted by Crippen LogP contribution is -2.41. The summed E-state index contributed by atoms with van der Waals surface area (Å²) in [4.78, 5) is 69.4. The second kappa shape index (κ2) is 15.6. The van der Waals surface area contributed by atoms with Crippen LogP contribution < -0.4 is 0 Å². The number of hydrogen-bond donors (Lipinski definition) is 1. The van der Waals surface area contributed by atoms with E-state index in [0.717, 1.165) is 149 Å². The van der Waals surface area contributed by atoms with Gasteiger partial charge in [0.1, 0.15) is 5.82 Å². The van der Waals surface area contributed by atoms with E-state index in [4.69, 9.17) is 4.98 Å². The van der Waals surface area contributed by atoms with E-state index in [1.54, 1.807) is 0 Å². The third kappa shape index (κ3) is 5.70. The fourth-order valence-electron chi connectivity index (χ4n) is 12.7. The number of nitrogens with zero attached hydrogens (tertiary/aromatic N) is 3. The van der Waals surface area contributed by atoms with Crippen molar-refractivity contribution in [3.63, 3.8) is 0 Å². The first-order chi connectivity index (χ1) is 34.9. The number of imidazole rings is 1. The summed E-state index contributed by atoms with van der Waals surface area (Å²) in [5.41, 5.74) is 6.69. The van der Waals surface area contributed by atoms with Crippen LogP contribution >= 0.6 is 0 Å². The molecule has 4 amide bonds. The summed E-state index contributed by atoms with van der Waals surface area (Å²) in [6.07, 6.45) is 7.77. The molecule has 344 valence electrons. The molecule has 1 N–H and O–H groups in total. The van der Waals surface area contributed by atoms with Crippen LogP contribution in [-0.4, -0.2) is 56.5 Å². The van der Waals surface area contributed by atoms with Crippen LogP contribution in [0.5, 0.6) is 0 Å². The van der Waals surface area contributed by atoms with Gasteiger partial charge in [-0.05, 0) is 107 Å². The first-order valence-electron chi connectivity index (χ1n) is 25.4. The van der Waals surface area contributed by atoms with E-state index >= 15 is 0 Å². The van der Waals surface area contributed by atoms with E-state index in [1.807, 2.05) is 48.5 Å². The van der Waals surface area contributed by atoms with Crippen molar-refractivity contribution < 1.29 is 19.2 Å². The Bertz CT molecular complexity index is 4230. The Morgan fingerprint density at radius 1 is 0.380 bits per heavy atom. The third-order valence-electron chi connectivity index (χ3n) is 16.0. The molecule has 2 aliphatic rings. The molecular weight excluding hydrogens is 877 g/mol. The summed E-state index contributed by atoms with van der Waals surface area (Å²) >= 11 is 0. The highest BCUT2D eigenvalue weighted by atomic mass is 16.2. The zero-order chi connectivity index (χ0) is 47.8. The third-order valence-corrected chi connectivity index (χ3v) is 16.0. The minimum Gasteiger partial charge on any atom is -0.337 e. The summed E-state index contributed by atoms with van der Waals surface area (Å²) in [6, 6.07) is 43.9. The topological polar surface area (TPSA) is 103 Å².